The highest BCUT2D eigenvalue weighted by Gasteiger charge is 2.16. The fourth-order valence-electron chi connectivity index (χ4n) is 1.60. The van der Waals surface area contributed by atoms with E-state index in [0.717, 1.165) is 0 Å². The van der Waals surface area contributed by atoms with Crippen LogP contribution in [0.1, 0.15) is 12.7 Å². The van der Waals surface area contributed by atoms with Gasteiger partial charge in [-0.15, -0.1) is 0 Å². The van der Waals surface area contributed by atoms with Crippen LogP contribution in [0.5, 0.6) is 11.5 Å². The van der Waals surface area contributed by atoms with Crippen molar-refractivity contribution in [1.29, 1.82) is 0 Å². The molecule has 1 aromatic heterocycles. The Morgan fingerprint density at radius 3 is 2.80 bits per heavy atom. The number of hydrogen-bond acceptors (Lipinski definition) is 6. The minimum Gasteiger partial charge on any atom is -0.487 e. The smallest absolute Gasteiger partial charge is 0.311 e. The number of nitro benzene ring substituents is 1. The number of aromatic nitrogens is 3. The fraction of sp³-hybridized carbons (Fsp3) is 0.333. The topological polar surface area (TPSA) is 92.3 Å². The van der Waals surface area contributed by atoms with Gasteiger partial charge in [0.2, 0.25) is 5.75 Å². The second-order valence-electron chi connectivity index (χ2n) is 3.91. The van der Waals surface area contributed by atoms with Crippen molar-refractivity contribution in [2.45, 2.75) is 13.5 Å². The quantitative estimate of drug-likeness (QED) is 0.590. The van der Waals surface area contributed by atoms with Crippen LogP contribution in [0.25, 0.3) is 0 Å². The van der Waals surface area contributed by atoms with Gasteiger partial charge in [0, 0.05) is 19.2 Å². The molecule has 0 amide bonds. The van der Waals surface area contributed by atoms with Crippen LogP contribution in [0.3, 0.4) is 0 Å². The number of benzene rings is 1. The van der Waals surface area contributed by atoms with Crippen LogP contribution < -0.4 is 9.47 Å². The van der Waals surface area contributed by atoms with E-state index in [9.17, 15) is 10.1 Å². The van der Waals surface area contributed by atoms with Gasteiger partial charge in [0.25, 0.3) is 0 Å². The van der Waals surface area contributed by atoms with Gasteiger partial charge in [-0.3, -0.25) is 14.8 Å². The molecule has 106 valence electrons. The van der Waals surface area contributed by atoms with E-state index in [1.54, 1.807) is 18.7 Å². The molecule has 2 rings (SSSR count). The molecule has 0 radical (unpaired) electrons. The van der Waals surface area contributed by atoms with E-state index >= 15 is 0 Å². The maximum Gasteiger partial charge on any atom is 0.311 e. The van der Waals surface area contributed by atoms with Crippen molar-refractivity contribution >= 4 is 5.69 Å². The first-order valence-corrected chi connectivity index (χ1v) is 5.98. The summed E-state index contributed by atoms with van der Waals surface area (Å²) in [6.45, 7) is 2.32. The molecule has 20 heavy (non-hydrogen) atoms. The van der Waals surface area contributed by atoms with Gasteiger partial charge < -0.3 is 9.47 Å². The summed E-state index contributed by atoms with van der Waals surface area (Å²) >= 11 is 0. The highest BCUT2D eigenvalue weighted by atomic mass is 16.6. The van der Waals surface area contributed by atoms with E-state index in [1.165, 1.54) is 24.5 Å². The Balaban J connectivity index is 2.14. The highest BCUT2D eigenvalue weighted by Crippen LogP contribution is 2.31. The van der Waals surface area contributed by atoms with Gasteiger partial charge in [0.05, 0.1) is 11.5 Å². The highest BCUT2D eigenvalue weighted by molar-refractivity contribution is 5.50. The van der Waals surface area contributed by atoms with Crippen molar-refractivity contribution in [1.82, 2.24) is 14.8 Å². The molecule has 0 unspecified atom stereocenters. The van der Waals surface area contributed by atoms with Crippen molar-refractivity contribution in [3.05, 3.63) is 40.5 Å². The lowest BCUT2D eigenvalue weighted by atomic mass is 10.3. The first kappa shape index (κ1) is 13.8. The summed E-state index contributed by atoms with van der Waals surface area (Å²) in [6.07, 6.45) is 1.43. The third kappa shape index (κ3) is 3.02. The summed E-state index contributed by atoms with van der Waals surface area (Å²) in [7, 11) is 1.76. The van der Waals surface area contributed by atoms with Crippen LogP contribution in [0, 0.1) is 10.1 Å². The Morgan fingerprint density at radius 2 is 2.20 bits per heavy atom. The van der Waals surface area contributed by atoms with Crippen LogP contribution in [0.2, 0.25) is 0 Å². The van der Waals surface area contributed by atoms with E-state index in [-0.39, 0.29) is 18.0 Å². The summed E-state index contributed by atoms with van der Waals surface area (Å²) in [5.74, 6) is 1.32. The molecule has 1 heterocycles. The van der Waals surface area contributed by atoms with E-state index in [4.69, 9.17) is 9.47 Å². The molecule has 0 saturated heterocycles. The summed E-state index contributed by atoms with van der Waals surface area (Å²) in [6, 6.07) is 4.38. The van der Waals surface area contributed by atoms with Crippen LogP contribution in [0.4, 0.5) is 5.69 Å². The van der Waals surface area contributed by atoms with E-state index in [0.29, 0.717) is 18.2 Å². The lowest BCUT2D eigenvalue weighted by Gasteiger charge is -2.08. The van der Waals surface area contributed by atoms with Gasteiger partial charge in [-0.2, -0.15) is 5.10 Å². The Bertz CT molecular complexity index is 611. The van der Waals surface area contributed by atoms with Crippen molar-refractivity contribution in [2.24, 2.45) is 7.05 Å². The zero-order valence-electron chi connectivity index (χ0n) is 11.1. The zero-order valence-corrected chi connectivity index (χ0v) is 11.1. The Morgan fingerprint density at radius 1 is 1.40 bits per heavy atom. The largest absolute Gasteiger partial charge is 0.487 e. The second-order valence-corrected chi connectivity index (χ2v) is 3.91. The summed E-state index contributed by atoms with van der Waals surface area (Å²) < 4.78 is 12.4. The molecule has 0 aliphatic heterocycles. The first-order chi connectivity index (χ1) is 9.61. The van der Waals surface area contributed by atoms with Gasteiger partial charge >= 0.3 is 5.69 Å². The third-order valence-corrected chi connectivity index (χ3v) is 2.60. The van der Waals surface area contributed by atoms with E-state index in [1.807, 2.05) is 0 Å². The predicted octanol–water partition coefficient (Wildman–Crippen LogP) is 1.70. The number of nitrogens with zero attached hydrogens (tertiary/aromatic N) is 4. The third-order valence-electron chi connectivity index (χ3n) is 2.60. The van der Waals surface area contributed by atoms with Crippen molar-refractivity contribution in [2.75, 3.05) is 6.61 Å². The van der Waals surface area contributed by atoms with Gasteiger partial charge in [0.1, 0.15) is 18.7 Å². The van der Waals surface area contributed by atoms with E-state index in [2.05, 4.69) is 10.1 Å². The predicted molar refractivity (Wildman–Crippen MR) is 69.6 cm³/mol. The molecule has 0 bridgehead atoms. The Labute approximate surface area is 115 Å². The second kappa shape index (κ2) is 6.00. The molecular weight excluding hydrogens is 264 g/mol. The van der Waals surface area contributed by atoms with Crippen LogP contribution in [0.15, 0.2) is 24.5 Å². The molecule has 8 heteroatoms. The molecule has 0 fully saturated rings. The molecule has 1 aromatic carbocycles. The minimum atomic E-state index is -0.489. The van der Waals surface area contributed by atoms with Crippen molar-refractivity contribution < 1.29 is 14.4 Å². The average molecular weight is 278 g/mol. The lowest BCUT2D eigenvalue weighted by molar-refractivity contribution is -0.385. The van der Waals surface area contributed by atoms with Gasteiger partial charge in [0.15, 0.2) is 5.82 Å². The van der Waals surface area contributed by atoms with Crippen LogP contribution >= 0.6 is 0 Å². The number of hydrogen-bond donors (Lipinski definition) is 0. The number of nitro groups is 1. The van der Waals surface area contributed by atoms with Crippen molar-refractivity contribution in [3.63, 3.8) is 0 Å². The number of aryl methyl sites for hydroxylation is 1. The fourth-order valence-corrected chi connectivity index (χ4v) is 1.60. The lowest BCUT2D eigenvalue weighted by Crippen LogP contribution is -2.05. The zero-order chi connectivity index (χ0) is 14.5. The molecular formula is C12H14N4O4. The standard InChI is InChI=1S/C12H14N4O4/c1-3-19-11-6-9(4-5-10(11)16(17)18)20-7-12-13-8-14-15(12)2/h4-6,8H,3,7H2,1-2H3. The summed E-state index contributed by atoms with van der Waals surface area (Å²) in [5, 5.41) is 14.8. The molecule has 0 aliphatic rings. The van der Waals surface area contributed by atoms with Crippen molar-refractivity contribution in [3.8, 4) is 11.5 Å². The Hall–Kier alpha value is -2.64. The normalized spacial score (nSPS) is 10.3. The van der Waals surface area contributed by atoms with Crippen LogP contribution in [-0.4, -0.2) is 26.3 Å². The average Bonchev–Trinajstić information content (AvgIpc) is 2.82. The first-order valence-electron chi connectivity index (χ1n) is 5.98. The molecule has 2 aromatic rings. The molecule has 8 nitrogen and oxygen atoms in total. The van der Waals surface area contributed by atoms with Crippen LogP contribution in [-0.2, 0) is 13.7 Å². The summed E-state index contributed by atoms with van der Waals surface area (Å²) in [5.41, 5.74) is -0.0853. The molecule has 0 spiro atoms. The Kier molecular flexibility index (Phi) is 4.14. The van der Waals surface area contributed by atoms with Gasteiger partial charge in [-0.05, 0) is 13.0 Å². The van der Waals surface area contributed by atoms with Gasteiger partial charge in [-0.25, -0.2) is 4.98 Å². The number of rotatable bonds is 6. The molecule has 0 atom stereocenters. The SMILES string of the molecule is CCOc1cc(OCc2ncnn2C)ccc1[N+](=O)[O-]. The molecule has 0 saturated carbocycles. The van der Waals surface area contributed by atoms with E-state index < -0.39 is 4.92 Å². The summed E-state index contributed by atoms with van der Waals surface area (Å²) in [4.78, 5) is 14.4. The number of ether oxygens (including phenoxy) is 2. The maximum atomic E-state index is 10.9. The molecule has 0 N–H and O–H groups in total. The minimum absolute atomic E-state index is 0.0853. The maximum absolute atomic E-state index is 10.9. The molecule has 0 aliphatic carbocycles. The van der Waals surface area contributed by atoms with Gasteiger partial charge in [-0.1, -0.05) is 0 Å². The monoisotopic (exact) mass is 278 g/mol.